The number of nitrogens with zero attached hydrogens (tertiary/aromatic N) is 1. The molecule has 6 heteroatoms. The van der Waals surface area contributed by atoms with E-state index in [9.17, 15) is 9.59 Å². The van der Waals surface area contributed by atoms with E-state index >= 15 is 0 Å². The number of ether oxygens (including phenoxy) is 1. The van der Waals surface area contributed by atoms with Gasteiger partial charge in [-0.1, -0.05) is 6.92 Å². The van der Waals surface area contributed by atoms with Crippen LogP contribution in [0.25, 0.3) is 0 Å². The topological polar surface area (TPSA) is 70.7 Å². The van der Waals surface area contributed by atoms with Crippen molar-refractivity contribution < 1.29 is 14.3 Å². The van der Waals surface area contributed by atoms with Crippen LogP contribution in [0, 0.1) is 5.92 Å². The molecule has 104 valence electrons. The number of hydrogen-bond donors (Lipinski definition) is 2. The lowest BCUT2D eigenvalue weighted by Crippen LogP contribution is -2.42. The van der Waals surface area contributed by atoms with E-state index in [2.05, 4.69) is 10.6 Å². The van der Waals surface area contributed by atoms with Gasteiger partial charge in [0.05, 0.1) is 13.2 Å². The Morgan fingerprint density at radius 1 is 1.33 bits per heavy atom. The fraction of sp³-hybridized carbons (Fsp3) is 0.833. The molecule has 2 N–H and O–H groups in total. The third kappa shape index (κ3) is 5.01. The van der Waals surface area contributed by atoms with E-state index in [-0.39, 0.29) is 17.7 Å². The van der Waals surface area contributed by atoms with E-state index in [1.54, 1.807) is 4.90 Å². The normalized spacial score (nSPS) is 17.3. The van der Waals surface area contributed by atoms with Gasteiger partial charge in [-0.05, 0) is 7.05 Å². The molecule has 1 aliphatic rings. The van der Waals surface area contributed by atoms with Crippen molar-refractivity contribution in [2.45, 2.75) is 13.3 Å². The van der Waals surface area contributed by atoms with E-state index in [1.807, 2.05) is 14.0 Å². The van der Waals surface area contributed by atoms with Crippen LogP contribution in [0.4, 0.5) is 0 Å². The van der Waals surface area contributed by atoms with Crippen LogP contribution in [0.5, 0.6) is 0 Å². The minimum absolute atomic E-state index is 0.0147. The molecule has 6 nitrogen and oxygen atoms in total. The van der Waals surface area contributed by atoms with Crippen molar-refractivity contribution >= 4 is 11.8 Å². The average molecular weight is 257 g/mol. The zero-order chi connectivity index (χ0) is 13.4. The second-order valence-electron chi connectivity index (χ2n) is 4.49. The van der Waals surface area contributed by atoms with Gasteiger partial charge in [-0.2, -0.15) is 0 Å². The Hall–Kier alpha value is -1.14. The maximum absolute atomic E-state index is 11.8. The van der Waals surface area contributed by atoms with E-state index in [4.69, 9.17) is 4.74 Å². The molecule has 0 aromatic carbocycles. The molecule has 0 radical (unpaired) electrons. The number of hydrogen-bond acceptors (Lipinski definition) is 4. The molecule has 1 atom stereocenters. The quantitative estimate of drug-likeness (QED) is 0.654. The van der Waals surface area contributed by atoms with Crippen molar-refractivity contribution in [3.05, 3.63) is 0 Å². The molecule has 0 aromatic rings. The van der Waals surface area contributed by atoms with Crippen molar-refractivity contribution in [2.24, 2.45) is 5.92 Å². The standard InChI is InChI=1S/C12H23N3O3/c1-10(9-13-2)12(17)14-4-3-11(16)15-5-7-18-8-6-15/h10,13H,3-9H2,1-2H3,(H,14,17). The second-order valence-corrected chi connectivity index (χ2v) is 4.49. The molecule has 18 heavy (non-hydrogen) atoms. The van der Waals surface area contributed by atoms with Crippen LogP contribution in [-0.2, 0) is 14.3 Å². The molecule has 1 rings (SSSR count). The number of carbonyl (C=O) groups is 2. The number of rotatable bonds is 6. The lowest BCUT2D eigenvalue weighted by Gasteiger charge is -2.26. The van der Waals surface area contributed by atoms with Crippen molar-refractivity contribution in [1.29, 1.82) is 0 Å². The van der Waals surface area contributed by atoms with Gasteiger partial charge in [0.2, 0.25) is 11.8 Å². The molecule has 0 saturated carbocycles. The summed E-state index contributed by atoms with van der Waals surface area (Å²) in [4.78, 5) is 25.2. The smallest absolute Gasteiger partial charge is 0.224 e. The van der Waals surface area contributed by atoms with Gasteiger partial charge in [0.15, 0.2) is 0 Å². The summed E-state index contributed by atoms with van der Waals surface area (Å²) in [5.41, 5.74) is 0. The molecule has 0 spiro atoms. The largest absolute Gasteiger partial charge is 0.378 e. The Kier molecular flexibility index (Phi) is 6.67. The molecule has 1 unspecified atom stereocenters. The number of morpholine rings is 1. The first-order valence-corrected chi connectivity index (χ1v) is 6.43. The summed E-state index contributed by atoms with van der Waals surface area (Å²) in [6, 6.07) is 0. The van der Waals surface area contributed by atoms with E-state index in [1.165, 1.54) is 0 Å². The molecule has 0 aromatic heterocycles. The summed E-state index contributed by atoms with van der Waals surface area (Å²) in [7, 11) is 1.81. The van der Waals surface area contributed by atoms with Crippen LogP contribution < -0.4 is 10.6 Å². The number of carbonyl (C=O) groups excluding carboxylic acids is 2. The zero-order valence-electron chi connectivity index (χ0n) is 11.2. The van der Waals surface area contributed by atoms with Gasteiger partial charge in [-0.15, -0.1) is 0 Å². The van der Waals surface area contributed by atoms with Gasteiger partial charge < -0.3 is 20.3 Å². The maximum atomic E-state index is 11.8. The molecule has 0 bridgehead atoms. The van der Waals surface area contributed by atoms with Gasteiger partial charge in [0, 0.05) is 38.5 Å². The highest BCUT2D eigenvalue weighted by molar-refractivity contribution is 5.80. The highest BCUT2D eigenvalue weighted by Gasteiger charge is 2.17. The van der Waals surface area contributed by atoms with Gasteiger partial charge in [-0.3, -0.25) is 9.59 Å². The van der Waals surface area contributed by atoms with Gasteiger partial charge in [0.25, 0.3) is 0 Å². The second kappa shape index (κ2) is 8.05. The Bertz CT molecular complexity index is 278. The van der Waals surface area contributed by atoms with Crippen molar-refractivity contribution in [1.82, 2.24) is 15.5 Å². The maximum Gasteiger partial charge on any atom is 0.224 e. The minimum atomic E-state index is -0.0755. The predicted molar refractivity (Wildman–Crippen MR) is 68.1 cm³/mol. The highest BCUT2D eigenvalue weighted by atomic mass is 16.5. The molecule has 1 heterocycles. The third-order valence-electron chi connectivity index (χ3n) is 2.96. The summed E-state index contributed by atoms with van der Waals surface area (Å²) in [6.45, 7) is 5.43. The first-order chi connectivity index (χ1) is 8.65. The van der Waals surface area contributed by atoms with Crippen LogP contribution in [0.3, 0.4) is 0 Å². The lowest BCUT2D eigenvalue weighted by molar-refractivity contribution is -0.135. The first kappa shape index (κ1) is 14.9. The average Bonchev–Trinajstić information content (AvgIpc) is 2.39. The van der Waals surface area contributed by atoms with Crippen LogP contribution >= 0.6 is 0 Å². The fourth-order valence-corrected chi connectivity index (χ4v) is 1.84. The van der Waals surface area contributed by atoms with Crippen LogP contribution in [0.1, 0.15) is 13.3 Å². The van der Waals surface area contributed by atoms with Gasteiger partial charge >= 0.3 is 0 Å². The Labute approximate surface area is 108 Å². The summed E-state index contributed by atoms with van der Waals surface area (Å²) in [6.07, 6.45) is 0.359. The first-order valence-electron chi connectivity index (χ1n) is 6.43. The minimum Gasteiger partial charge on any atom is -0.378 e. The summed E-state index contributed by atoms with van der Waals surface area (Å²) in [5, 5.41) is 5.73. The zero-order valence-corrected chi connectivity index (χ0v) is 11.2. The summed E-state index contributed by atoms with van der Waals surface area (Å²) >= 11 is 0. The Morgan fingerprint density at radius 3 is 2.61 bits per heavy atom. The molecule has 1 fully saturated rings. The molecule has 2 amide bonds. The fourth-order valence-electron chi connectivity index (χ4n) is 1.84. The van der Waals surface area contributed by atoms with E-state index in [0.717, 1.165) is 0 Å². The van der Waals surface area contributed by atoms with Crippen molar-refractivity contribution in [2.75, 3.05) is 46.4 Å². The molecule has 1 saturated heterocycles. The summed E-state index contributed by atoms with van der Waals surface area (Å²) in [5.74, 6) is -0.00696. The molecular weight excluding hydrogens is 234 g/mol. The summed E-state index contributed by atoms with van der Waals surface area (Å²) < 4.78 is 5.18. The third-order valence-corrected chi connectivity index (χ3v) is 2.96. The Morgan fingerprint density at radius 2 is 2.00 bits per heavy atom. The molecule has 0 aliphatic carbocycles. The van der Waals surface area contributed by atoms with Crippen molar-refractivity contribution in [3.63, 3.8) is 0 Å². The number of nitrogens with one attached hydrogen (secondary N) is 2. The van der Waals surface area contributed by atoms with Crippen LogP contribution in [0.15, 0.2) is 0 Å². The monoisotopic (exact) mass is 257 g/mol. The highest BCUT2D eigenvalue weighted by Crippen LogP contribution is 2.00. The van der Waals surface area contributed by atoms with Crippen molar-refractivity contribution in [3.8, 4) is 0 Å². The molecule has 1 aliphatic heterocycles. The van der Waals surface area contributed by atoms with Crippen LogP contribution in [-0.4, -0.2) is 63.2 Å². The SMILES string of the molecule is CNCC(C)C(=O)NCCC(=O)N1CCOCC1. The van der Waals surface area contributed by atoms with E-state index < -0.39 is 0 Å². The molecular formula is C12H23N3O3. The van der Waals surface area contributed by atoms with E-state index in [0.29, 0.717) is 45.8 Å². The number of amides is 2. The van der Waals surface area contributed by atoms with Crippen LogP contribution in [0.2, 0.25) is 0 Å². The lowest BCUT2D eigenvalue weighted by atomic mass is 10.1. The predicted octanol–water partition coefficient (Wildman–Crippen LogP) is -0.793. The Balaban J connectivity index is 2.16. The van der Waals surface area contributed by atoms with Gasteiger partial charge in [-0.25, -0.2) is 0 Å². The van der Waals surface area contributed by atoms with Gasteiger partial charge in [0.1, 0.15) is 0 Å².